The SMILES string of the molecule is CC/C=C/C/C=C/C/C=C/CCCCCCC(=O)OC(CCCCCCC/C=C\C/C=C\CCCCC)CC(=O)NC(CO)C(O)CCCCCCCCCCCCCCCCCC. The molecule has 0 rings (SSSR count). The van der Waals surface area contributed by atoms with Crippen LogP contribution in [0.15, 0.2) is 60.8 Å². The van der Waals surface area contributed by atoms with Gasteiger partial charge in [0.25, 0.3) is 0 Å². The van der Waals surface area contributed by atoms with Gasteiger partial charge in [-0.3, -0.25) is 9.59 Å². The van der Waals surface area contributed by atoms with Gasteiger partial charge < -0.3 is 20.3 Å². The monoisotopic (exact) mass is 896 g/mol. The molecule has 3 atom stereocenters. The maximum Gasteiger partial charge on any atom is 0.306 e. The summed E-state index contributed by atoms with van der Waals surface area (Å²) in [5, 5.41) is 23.9. The van der Waals surface area contributed by atoms with Gasteiger partial charge in [0.1, 0.15) is 6.10 Å². The normalized spacial score (nSPS) is 13.6. The number of esters is 1. The van der Waals surface area contributed by atoms with Crippen LogP contribution in [0.4, 0.5) is 0 Å². The molecule has 0 aliphatic rings. The van der Waals surface area contributed by atoms with Crippen LogP contribution in [0.25, 0.3) is 0 Å². The fourth-order valence-electron chi connectivity index (χ4n) is 8.18. The molecule has 6 nitrogen and oxygen atoms in total. The second-order valence-electron chi connectivity index (χ2n) is 18.6. The summed E-state index contributed by atoms with van der Waals surface area (Å²) in [4.78, 5) is 26.2. The Balaban J connectivity index is 4.60. The molecule has 0 heterocycles. The molecule has 0 aromatic rings. The van der Waals surface area contributed by atoms with Crippen molar-refractivity contribution in [3.63, 3.8) is 0 Å². The van der Waals surface area contributed by atoms with Crippen molar-refractivity contribution in [3.8, 4) is 0 Å². The Morgan fingerprint density at radius 3 is 1.31 bits per heavy atom. The van der Waals surface area contributed by atoms with E-state index < -0.39 is 18.2 Å². The van der Waals surface area contributed by atoms with Gasteiger partial charge in [0.05, 0.1) is 25.2 Å². The molecule has 0 aromatic carbocycles. The van der Waals surface area contributed by atoms with Gasteiger partial charge in [-0.2, -0.15) is 0 Å². The van der Waals surface area contributed by atoms with E-state index in [2.05, 4.69) is 86.8 Å². The molecule has 372 valence electrons. The number of hydrogen-bond donors (Lipinski definition) is 3. The molecule has 0 spiro atoms. The van der Waals surface area contributed by atoms with Crippen LogP contribution in [-0.4, -0.2) is 46.9 Å². The lowest BCUT2D eigenvalue weighted by atomic mass is 10.0. The minimum atomic E-state index is -0.797. The van der Waals surface area contributed by atoms with Crippen LogP contribution < -0.4 is 5.32 Å². The summed E-state index contributed by atoms with van der Waals surface area (Å²) in [5.74, 6) is -0.509. The topological polar surface area (TPSA) is 95.9 Å². The summed E-state index contributed by atoms with van der Waals surface area (Å²) in [6.07, 6.45) is 64.2. The van der Waals surface area contributed by atoms with Crippen molar-refractivity contribution in [2.24, 2.45) is 0 Å². The summed E-state index contributed by atoms with van der Waals surface area (Å²) in [6.45, 7) is 6.35. The van der Waals surface area contributed by atoms with E-state index in [1.165, 1.54) is 122 Å². The molecule has 0 aromatic heterocycles. The van der Waals surface area contributed by atoms with E-state index in [0.29, 0.717) is 19.3 Å². The first-order valence-electron chi connectivity index (χ1n) is 27.5. The van der Waals surface area contributed by atoms with E-state index in [1.807, 2.05) is 0 Å². The van der Waals surface area contributed by atoms with Crippen molar-refractivity contribution < 1.29 is 24.5 Å². The third-order valence-electron chi connectivity index (χ3n) is 12.3. The first kappa shape index (κ1) is 61.6. The molecule has 0 aliphatic carbocycles. The second kappa shape index (κ2) is 51.5. The van der Waals surface area contributed by atoms with E-state index in [4.69, 9.17) is 4.74 Å². The zero-order valence-corrected chi connectivity index (χ0v) is 42.4. The molecule has 0 fully saturated rings. The largest absolute Gasteiger partial charge is 0.462 e. The predicted molar refractivity (Wildman–Crippen MR) is 278 cm³/mol. The van der Waals surface area contributed by atoms with Crippen molar-refractivity contribution in [3.05, 3.63) is 60.8 Å². The molecule has 1 amide bonds. The highest BCUT2D eigenvalue weighted by molar-refractivity contribution is 5.77. The highest BCUT2D eigenvalue weighted by atomic mass is 16.5. The maximum absolute atomic E-state index is 13.2. The van der Waals surface area contributed by atoms with Gasteiger partial charge in [-0.25, -0.2) is 0 Å². The summed E-state index contributed by atoms with van der Waals surface area (Å²) in [5.41, 5.74) is 0. The Kier molecular flexibility index (Phi) is 49.6. The Hall–Kier alpha value is -2.44. The van der Waals surface area contributed by atoms with Crippen LogP contribution in [-0.2, 0) is 14.3 Å². The third-order valence-corrected chi connectivity index (χ3v) is 12.3. The number of amides is 1. The fraction of sp³-hybridized carbons (Fsp3) is 0.793. The Bertz CT molecular complexity index is 1140. The van der Waals surface area contributed by atoms with Crippen molar-refractivity contribution in [2.45, 2.75) is 289 Å². The van der Waals surface area contributed by atoms with Gasteiger partial charge in [0.2, 0.25) is 5.91 Å². The molecular formula is C58H105NO5. The van der Waals surface area contributed by atoms with E-state index in [-0.39, 0.29) is 24.9 Å². The number of ether oxygens (including phenoxy) is 1. The molecule has 3 N–H and O–H groups in total. The molecule has 6 heteroatoms. The minimum absolute atomic E-state index is 0.0583. The lowest BCUT2D eigenvalue weighted by Gasteiger charge is -2.24. The lowest BCUT2D eigenvalue weighted by Crippen LogP contribution is -2.46. The van der Waals surface area contributed by atoms with Gasteiger partial charge in [0, 0.05) is 6.42 Å². The van der Waals surface area contributed by atoms with Crippen LogP contribution in [0, 0.1) is 0 Å². The summed E-state index contributed by atoms with van der Waals surface area (Å²) in [6, 6.07) is -0.713. The standard InChI is InChI=1S/C58H105NO5/c1-4-7-10-13-16-19-22-25-28-30-32-35-38-41-44-47-50-56(61)55(53-60)59-57(62)52-54(49-46-43-40-37-34-31-29-26-23-20-17-14-11-8-5-2)64-58(63)51-48-45-42-39-36-33-27-24-21-18-15-12-9-6-3/h9,12,17-18,20-21,26-27,29,33,54-56,60-61H,4-8,10-11,13-16,19,22-25,28,30-32,34-53H2,1-3H3,(H,59,62)/b12-9+,20-17-,21-18+,29-26-,33-27+. The highest BCUT2D eigenvalue weighted by Crippen LogP contribution is 2.18. The third kappa shape index (κ3) is 46.1. The van der Waals surface area contributed by atoms with Crippen molar-refractivity contribution in [1.29, 1.82) is 0 Å². The van der Waals surface area contributed by atoms with Crippen LogP contribution in [0.2, 0.25) is 0 Å². The molecule has 0 aliphatic heterocycles. The Labute approximate surface area is 397 Å². The summed E-state index contributed by atoms with van der Waals surface area (Å²) in [7, 11) is 0. The molecule has 0 saturated heterocycles. The zero-order chi connectivity index (χ0) is 46.7. The van der Waals surface area contributed by atoms with E-state index in [9.17, 15) is 19.8 Å². The van der Waals surface area contributed by atoms with Gasteiger partial charge in [0.15, 0.2) is 0 Å². The number of aliphatic hydroxyl groups is 2. The lowest BCUT2D eigenvalue weighted by molar-refractivity contribution is -0.151. The summed E-state index contributed by atoms with van der Waals surface area (Å²) >= 11 is 0. The molecule has 64 heavy (non-hydrogen) atoms. The molecule has 0 bridgehead atoms. The smallest absolute Gasteiger partial charge is 0.306 e. The van der Waals surface area contributed by atoms with Crippen LogP contribution in [0.1, 0.15) is 271 Å². The number of nitrogens with one attached hydrogen (secondary N) is 1. The fourth-order valence-corrected chi connectivity index (χ4v) is 8.18. The first-order chi connectivity index (χ1) is 31.5. The van der Waals surface area contributed by atoms with Gasteiger partial charge in [-0.1, -0.05) is 229 Å². The molecular weight excluding hydrogens is 791 g/mol. The predicted octanol–water partition coefficient (Wildman–Crippen LogP) is 16.8. The molecule has 0 radical (unpaired) electrons. The van der Waals surface area contributed by atoms with E-state index >= 15 is 0 Å². The van der Waals surface area contributed by atoms with E-state index in [1.54, 1.807) is 0 Å². The van der Waals surface area contributed by atoms with Crippen molar-refractivity contribution in [1.82, 2.24) is 5.32 Å². The van der Waals surface area contributed by atoms with Crippen LogP contribution in [0.3, 0.4) is 0 Å². The number of unbranched alkanes of at least 4 members (excludes halogenated alkanes) is 27. The van der Waals surface area contributed by atoms with Crippen molar-refractivity contribution in [2.75, 3.05) is 6.61 Å². The van der Waals surface area contributed by atoms with Crippen molar-refractivity contribution >= 4 is 11.9 Å². The van der Waals surface area contributed by atoms with Gasteiger partial charge >= 0.3 is 5.97 Å². The summed E-state index contributed by atoms with van der Waals surface area (Å²) < 4.78 is 5.93. The number of carbonyl (C=O) groups is 2. The van der Waals surface area contributed by atoms with Gasteiger partial charge in [-0.05, 0) is 89.9 Å². The quantitative estimate of drug-likeness (QED) is 0.0321. The number of rotatable bonds is 49. The minimum Gasteiger partial charge on any atom is -0.462 e. The average molecular weight is 896 g/mol. The maximum atomic E-state index is 13.2. The second-order valence-corrected chi connectivity index (χ2v) is 18.6. The Morgan fingerprint density at radius 2 is 0.844 bits per heavy atom. The number of allylic oxidation sites excluding steroid dienone is 10. The van der Waals surface area contributed by atoms with Crippen LogP contribution in [0.5, 0.6) is 0 Å². The zero-order valence-electron chi connectivity index (χ0n) is 42.4. The van der Waals surface area contributed by atoms with Gasteiger partial charge in [-0.15, -0.1) is 0 Å². The average Bonchev–Trinajstić information content (AvgIpc) is 3.29. The number of hydrogen-bond acceptors (Lipinski definition) is 5. The Morgan fingerprint density at radius 1 is 0.469 bits per heavy atom. The number of carbonyl (C=O) groups excluding carboxylic acids is 2. The first-order valence-corrected chi connectivity index (χ1v) is 27.5. The van der Waals surface area contributed by atoms with Crippen LogP contribution >= 0.6 is 0 Å². The highest BCUT2D eigenvalue weighted by Gasteiger charge is 2.24. The molecule has 0 saturated carbocycles. The number of aliphatic hydroxyl groups excluding tert-OH is 2. The molecule has 3 unspecified atom stereocenters. The van der Waals surface area contributed by atoms with E-state index in [0.717, 1.165) is 103 Å².